The third kappa shape index (κ3) is 3.66. The van der Waals surface area contributed by atoms with Gasteiger partial charge in [-0.2, -0.15) is 0 Å². The SMILES string of the molecule is CC(C)(C)C1=NCN(C(=O)NC2CCCOc3cc(Br)ccc32)O1. The Morgan fingerprint density at radius 3 is 2.92 bits per heavy atom. The highest BCUT2D eigenvalue weighted by Gasteiger charge is 2.32. The predicted octanol–water partition coefficient (Wildman–Crippen LogP) is 4.02. The second kappa shape index (κ2) is 6.63. The van der Waals surface area contributed by atoms with Crippen molar-refractivity contribution in [1.29, 1.82) is 0 Å². The van der Waals surface area contributed by atoms with Crippen molar-refractivity contribution in [3.05, 3.63) is 28.2 Å². The molecule has 24 heavy (non-hydrogen) atoms. The van der Waals surface area contributed by atoms with Gasteiger partial charge in [-0.3, -0.25) is 0 Å². The molecule has 2 aliphatic rings. The number of fused-ring (bicyclic) bond motifs is 1. The molecule has 130 valence electrons. The van der Waals surface area contributed by atoms with E-state index < -0.39 is 0 Å². The van der Waals surface area contributed by atoms with Crippen LogP contribution in [-0.4, -0.2) is 30.3 Å². The van der Waals surface area contributed by atoms with E-state index in [1.807, 2.05) is 39.0 Å². The first-order chi connectivity index (χ1) is 11.3. The van der Waals surface area contributed by atoms with E-state index in [1.165, 1.54) is 5.06 Å². The van der Waals surface area contributed by atoms with Gasteiger partial charge in [-0.15, -0.1) is 5.06 Å². The number of rotatable bonds is 1. The van der Waals surface area contributed by atoms with Crippen LogP contribution in [0.15, 0.2) is 27.7 Å². The summed E-state index contributed by atoms with van der Waals surface area (Å²) in [7, 11) is 0. The van der Waals surface area contributed by atoms with E-state index in [0.717, 1.165) is 28.6 Å². The van der Waals surface area contributed by atoms with Crippen LogP contribution in [0.1, 0.15) is 45.2 Å². The number of carbonyl (C=O) groups is 1. The average molecular weight is 396 g/mol. The Kier molecular flexibility index (Phi) is 4.71. The van der Waals surface area contributed by atoms with Crippen LogP contribution in [0.25, 0.3) is 0 Å². The van der Waals surface area contributed by atoms with Gasteiger partial charge in [0.2, 0.25) is 5.90 Å². The summed E-state index contributed by atoms with van der Waals surface area (Å²) in [5.74, 6) is 1.38. The summed E-state index contributed by atoms with van der Waals surface area (Å²) in [6, 6.07) is 5.49. The highest BCUT2D eigenvalue weighted by Crippen LogP contribution is 2.34. The van der Waals surface area contributed by atoms with Crippen LogP contribution in [0.5, 0.6) is 5.75 Å². The van der Waals surface area contributed by atoms with Gasteiger partial charge in [0.15, 0.2) is 6.67 Å². The number of nitrogens with one attached hydrogen (secondary N) is 1. The number of amides is 2. The Morgan fingerprint density at radius 1 is 1.42 bits per heavy atom. The van der Waals surface area contributed by atoms with Crippen LogP contribution in [0.4, 0.5) is 4.79 Å². The highest BCUT2D eigenvalue weighted by atomic mass is 79.9. The summed E-state index contributed by atoms with van der Waals surface area (Å²) >= 11 is 3.45. The maximum atomic E-state index is 12.5. The predicted molar refractivity (Wildman–Crippen MR) is 94.8 cm³/mol. The van der Waals surface area contributed by atoms with Crippen LogP contribution in [0.2, 0.25) is 0 Å². The zero-order valence-electron chi connectivity index (χ0n) is 14.1. The van der Waals surface area contributed by atoms with Crippen LogP contribution in [0, 0.1) is 5.41 Å². The monoisotopic (exact) mass is 395 g/mol. The zero-order chi connectivity index (χ0) is 17.3. The van der Waals surface area contributed by atoms with Crippen molar-refractivity contribution in [2.45, 2.75) is 39.7 Å². The average Bonchev–Trinajstić information content (AvgIpc) is 2.93. The van der Waals surface area contributed by atoms with E-state index in [-0.39, 0.29) is 24.2 Å². The van der Waals surface area contributed by atoms with E-state index in [4.69, 9.17) is 9.57 Å². The number of halogens is 1. The normalized spacial score (nSPS) is 20.4. The molecular formula is C17H22BrN3O3. The molecule has 0 radical (unpaired) electrons. The molecule has 2 heterocycles. The third-order valence-corrected chi connectivity index (χ3v) is 4.44. The van der Waals surface area contributed by atoms with Gasteiger partial charge in [0.05, 0.1) is 12.6 Å². The Balaban J connectivity index is 1.70. The van der Waals surface area contributed by atoms with Crippen molar-refractivity contribution >= 4 is 27.9 Å². The largest absolute Gasteiger partial charge is 0.493 e. The Hall–Kier alpha value is -1.76. The minimum Gasteiger partial charge on any atom is -0.493 e. The van der Waals surface area contributed by atoms with Gasteiger partial charge >= 0.3 is 6.03 Å². The molecule has 1 aromatic rings. The number of benzene rings is 1. The van der Waals surface area contributed by atoms with Crippen molar-refractivity contribution in [3.8, 4) is 5.75 Å². The molecule has 1 unspecified atom stereocenters. The van der Waals surface area contributed by atoms with Gasteiger partial charge in [0.1, 0.15) is 5.75 Å². The van der Waals surface area contributed by atoms with Gasteiger partial charge < -0.3 is 14.9 Å². The molecule has 0 saturated heterocycles. The Bertz CT molecular complexity index is 670. The van der Waals surface area contributed by atoms with Crippen LogP contribution < -0.4 is 10.1 Å². The fraction of sp³-hybridized carbons (Fsp3) is 0.529. The third-order valence-electron chi connectivity index (χ3n) is 3.95. The number of hydroxylamine groups is 2. The van der Waals surface area contributed by atoms with Crippen molar-refractivity contribution in [2.24, 2.45) is 10.4 Å². The fourth-order valence-corrected chi connectivity index (χ4v) is 3.03. The quantitative estimate of drug-likeness (QED) is 0.780. The molecule has 0 aromatic heterocycles. The zero-order valence-corrected chi connectivity index (χ0v) is 15.7. The molecular weight excluding hydrogens is 374 g/mol. The Labute approximate surface area is 150 Å². The first-order valence-electron chi connectivity index (χ1n) is 8.08. The molecule has 2 aliphatic heterocycles. The van der Waals surface area contributed by atoms with Crippen LogP contribution in [0.3, 0.4) is 0 Å². The van der Waals surface area contributed by atoms with Crippen molar-refractivity contribution in [3.63, 3.8) is 0 Å². The molecule has 1 atom stereocenters. The standard InChI is InChI=1S/C17H22BrN3O3/c1-17(2,3)15-19-10-21(24-15)16(22)20-13-5-4-8-23-14-9-11(18)6-7-12(13)14/h6-7,9,13H,4-5,8,10H2,1-3H3,(H,20,22). The lowest BCUT2D eigenvalue weighted by Gasteiger charge is -2.24. The molecule has 2 amide bonds. The number of aliphatic imine (C=N–C) groups is 1. The highest BCUT2D eigenvalue weighted by molar-refractivity contribution is 9.10. The van der Waals surface area contributed by atoms with Gasteiger partial charge in [-0.1, -0.05) is 42.8 Å². The smallest absolute Gasteiger partial charge is 0.352 e. The van der Waals surface area contributed by atoms with Crippen LogP contribution >= 0.6 is 15.9 Å². The van der Waals surface area contributed by atoms with Gasteiger partial charge in [0, 0.05) is 15.5 Å². The molecule has 3 rings (SSSR count). The summed E-state index contributed by atoms with van der Waals surface area (Å²) in [4.78, 5) is 22.4. The van der Waals surface area contributed by atoms with Gasteiger partial charge in [-0.05, 0) is 25.0 Å². The number of carbonyl (C=O) groups excluding carboxylic acids is 1. The topological polar surface area (TPSA) is 63.2 Å². The molecule has 6 nitrogen and oxygen atoms in total. The maximum Gasteiger partial charge on any atom is 0.352 e. The molecule has 1 N–H and O–H groups in total. The molecule has 1 aromatic carbocycles. The molecule has 7 heteroatoms. The van der Waals surface area contributed by atoms with E-state index in [1.54, 1.807) is 0 Å². The number of urea groups is 1. The molecule has 0 spiro atoms. The lowest BCUT2D eigenvalue weighted by atomic mass is 9.97. The Morgan fingerprint density at radius 2 is 2.21 bits per heavy atom. The fourth-order valence-electron chi connectivity index (χ4n) is 2.69. The van der Waals surface area contributed by atoms with Crippen molar-refractivity contribution in [1.82, 2.24) is 10.4 Å². The van der Waals surface area contributed by atoms with E-state index in [2.05, 4.69) is 26.2 Å². The number of nitrogens with zero attached hydrogens (tertiary/aromatic N) is 2. The van der Waals surface area contributed by atoms with Crippen molar-refractivity contribution < 1.29 is 14.4 Å². The second-order valence-electron chi connectivity index (χ2n) is 7.00. The van der Waals surface area contributed by atoms with E-state index in [0.29, 0.717) is 12.5 Å². The van der Waals surface area contributed by atoms with E-state index in [9.17, 15) is 4.79 Å². The molecule has 0 aliphatic carbocycles. The number of hydrogen-bond acceptors (Lipinski definition) is 4. The van der Waals surface area contributed by atoms with Crippen molar-refractivity contribution in [2.75, 3.05) is 13.3 Å². The lowest BCUT2D eigenvalue weighted by molar-refractivity contribution is -0.0128. The summed E-state index contributed by atoms with van der Waals surface area (Å²) in [5, 5.41) is 4.31. The van der Waals surface area contributed by atoms with E-state index >= 15 is 0 Å². The molecule has 0 saturated carbocycles. The van der Waals surface area contributed by atoms with Gasteiger partial charge in [0.25, 0.3) is 0 Å². The first kappa shape index (κ1) is 17.1. The summed E-state index contributed by atoms with van der Waals surface area (Å²) < 4.78 is 6.74. The second-order valence-corrected chi connectivity index (χ2v) is 7.92. The minimum atomic E-state index is -0.279. The number of ether oxygens (including phenoxy) is 1. The van der Waals surface area contributed by atoms with Gasteiger partial charge in [-0.25, -0.2) is 9.79 Å². The minimum absolute atomic E-state index is 0.106. The van der Waals surface area contributed by atoms with Crippen LogP contribution in [-0.2, 0) is 4.84 Å². The summed E-state index contributed by atoms with van der Waals surface area (Å²) in [6.07, 6.45) is 1.70. The number of hydrogen-bond donors (Lipinski definition) is 1. The molecule has 0 bridgehead atoms. The maximum absolute atomic E-state index is 12.5. The first-order valence-corrected chi connectivity index (χ1v) is 8.87. The molecule has 0 fully saturated rings. The summed E-state index contributed by atoms with van der Waals surface area (Å²) in [5.41, 5.74) is 0.768. The summed E-state index contributed by atoms with van der Waals surface area (Å²) in [6.45, 7) is 6.88. The lowest BCUT2D eigenvalue weighted by Crippen LogP contribution is -2.41.